The summed E-state index contributed by atoms with van der Waals surface area (Å²) in [6, 6.07) is 3.39. The Labute approximate surface area is 374 Å². The van der Waals surface area contributed by atoms with Crippen molar-refractivity contribution >= 4 is 29.8 Å². The standard InChI is InChI=1S/C41H30O27/c42-14-1-9(2-15(43)24(14)48)37(58)67-34-33-21(65-41(62)35(34)68-38(59)10-3-16(44)25(49)17(45)4-10)8-63-39(60)11-5-18(46)26(50)29(53)22(11)23-12(40(61)66-33)7-20(28(52)30(23)54)64-32-13(36(56)57)6-19(47)27(51)31(32)55/h1-7,21,33-35,41-55,62H,8H2,(H,56,57)/t21-,33-,34+,35-,41+/m1/s1. The van der Waals surface area contributed by atoms with Crippen LogP contribution in [0.25, 0.3) is 11.1 Å². The molecule has 27 heteroatoms. The monoisotopic (exact) mass is 954 g/mol. The number of hydrogen-bond donors (Lipinski definition) is 16. The van der Waals surface area contributed by atoms with Gasteiger partial charge in [0.15, 0.2) is 93.6 Å². The molecule has 1 fully saturated rings. The van der Waals surface area contributed by atoms with Crippen LogP contribution >= 0.6 is 0 Å². The SMILES string of the molecule is O=C(O[C@@H]1[C@@H](OC(=O)c2cc(O)c(O)c(O)c2)[C@@H](O)O[C@@H]2COC(=O)c3cc(O)c(O)c(O)c3-c3c(cc(Oc4c(C(=O)O)cc(O)c(O)c4O)c(O)c3O)C(=O)O[C@@H]12)c1cc(O)c(O)c(O)c1. The van der Waals surface area contributed by atoms with Crippen molar-refractivity contribution in [3.05, 3.63) is 70.3 Å². The van der Waals surface area contributed by atoms with E-state index in [1.54, 1.807) is 0 Å². The average molecular weight is 955 g/mol. The summed E-state index contributed by atoms with van der Waals surface area (Å²) in [5.74, 6) is -29.2. The predicted octanol–water partition coefficient (Wildman–Crippen LogP) is 1.59. The molecular formula is C41H30O27. The van der Waals surface area contributed by atoms with E-state index in [1.165, 1.54) is 0 Å². The van der Waals surface area contributed by atoms with Gasteiger partial charge in [0.05, 0.1) is 22.3 Å². The Morgan fingerprint density at radius 1 is 0.529 bits per heavy atom. The molecule has 356 valence electrons. The van der Waals surface area contributed by atoms with Gasteiger partial charge in [-0.2, -0.15) is 0 Å². The van der Waals surface area contributed by atoms with Crippen LogP contribution in [0, 0.1) is 0 Å². The van der Waals surface area contributed by atoms with E-state index < -0.39 is 198 Å². The summed E-state index contributed by atoms with van der Waals surface area (Å²) < 4.78 is 32.6. The molecule has 0 aromatic heterocycles. The molecule has 0 amide bonds. The Balaban J connectivity index is 1.44. The van der Waals surface area contributed by atoms with Crippen LogP contribution in [0.5, 0.6) is 92.0 Å². The molecule has 5 atom stereocenters. The highest BCUT2D eigenvalue weighted by Gasteiger charge is 2.53. The molecule has 27 nitrogen and oxygen atoms in total. The van der Waals surface area contributed by atoms with Crippen LogP contribution in [0.15, 0.2) is 42.5 Å². The zero-order valence-electron chi connectivity index (χ0n) is 33.3. The van der Waals surface area contributed by atoms with Crippen molar-refractivity contribution in [3.63, 3.8) is 0 Å². The van der Waals surface area contributed by atoms with Crippen LogP contribution in [0.2, 0.25) is 0 Å². The number of fused-ring (bicyclic) bond motifs is 4. The summed E-state index contributed by atoms with van der Waals surface area (Å²) in [6.07, 6.45) is -12.0. The average Bonchev–Trinajstić information content (AvgIpc) is 3.29. The first-order valence-corrected chi connectivity index (χ1v) is 18.6. The van der Waals surface area contributed by atoms with E-state index in [1.807, 2.05) is 0 Å². The molecule has 0 saturated carbocycles. The van der Waals surface area contributed by atoms with E-state index in [9.17, 15) is 106 Å². The van der Waals surface area contributed by atoms with E-state index in [2.05, 4.69) is 0 Å². The quantitative estimate of drug-likeness (QED) is 0.0625. The van der Waals surface area contributed by atoms with Crippen molar-refractivity contribution in [1.29, 1.82) is 0 Å². The number of carboxylic acid groups (broad SMARTS) is 1. The first-order chi connectivity index (χ1) is 31.9. The summed E-state index contributed by atoms with van der Waals surface area (Å²) in [7, 11) is 0. The van der Waals surface area contributed by atoms with Crippen LogP contribution in [-0.2, 0) is 23.7 Å². The van der Waals surface area contributed by atoms with Crippen molar-refractivity contribution in [3.8, 4) is 103 Å². The van der Waals surface area contributed by atoms with Gasteiger partial charge >= 0.3 is 29.8 Å². The van der Waals surface area contributed by atoms with Gasteiger partial charge in [-0.15, -0.1) is 0 Å². The molecule has 0 spiro atoms. The molecule has 2 aliphatic heterocycles. The van der Waals surface area contributed by atoms with Gasteiger partial charge in [-0.05, 0) is 30.3 Å². The normalized spacial score (nSPS) is 18.9. The minimum Gasteiger partial charge on any atom is -0.504 e. The van der Waals surface area contributed by atoms with Crippen LogP contribution in [0.1, 0.15) is 51.8 Å². The lowest BCUT2D eigenvalue weighted by Gasteiger charge is -2.42. The fourth-order valence-electron chi connectivity index (χ4n) is 6.87. The maximum absolute atomic E-state index is 14.7. The molecule has 5 aromatic rings. The summed E-state index contributed by atoms with van der Waals surface area (Å²) in [5.41, 5.74) is -7.27. The fourth-order valence-corrected chi connectivity index (χ4v) is 6.87. The van der Waals surface area contributed by atoms with E-state index in [-0.39, 0.29) is 0 Å². The second-order valence-electron chi connectivity index (χ2n) is 14.4. The number of aromatic carboxylic acids is 1. The number of aliphatic hydroxyl groups is 1. The number of ether oxygens (including phenoxy) is 6. The third-order valence-corrected chi connectivity index (χ3v) is 10.2. The lowest BCUT2D eigenvalue weighted by atomic mass is 9.91. The molecule has 5 aromatic carbocycles. The number of aromatic hydroxyl groups is 14. The molecule has 1 saturated heterocycles. The largest absolute Gasteiger partial charge is 0.504 e. The number of benzene rings is 5. The lowest BCUT2D eigenvalue weighted by molar-refractivity contribution is -0.284. The highest BCUT2D eigenvalue weighted by molar-refractivity contribution is 6.08. The minimum absolute atomic E-state index is 0.369. The third-order valence-electron chi connectivity index (χ3n) is 10.2. The Morgan fingerprint density at radius 2 is 0.985 bits per heavy atom. The molecule has 7 rings (SSSR count). The zero-order valence-corrected chi connectivity index (χ0v) is 33.3. The molecule has 2 heterocycles. The fraction of sp³-hybridized carbons (Fsp3) is 0.146. The lowest BCUT2D eigenvalue weighted by Crippen LogP contribution is -2.62. The van der Waals surface area contributed by atoms with Gasteiger partial charge in [-0.3, -0.25) is 0 Å². The van der Waals surface area contributed by atoms with Crippen molar-refractivity contribution in [2.45, 2.75) is 30.7 Å². The molecule has 0 unspecified atom stereocenters. The second-order valence-corrected chi connectivity index (χ2v) is 14.4. The number of aliphatic hydroxyl groups excluding tert-OH is 1. The Morgan fingerprint density at radius 3 is 1.51 bits per heavy atom. The highest BCUT2D eigenvalue weighted by Crippen LogP contribution is 2.55. The summed E-state index contributed by atoms with van der Waals surface area (Å²) in [4.78, 5) is 67.8. The van der Waals surface area contributed by atoms with Crippen molar-refractivity contribution in [1.82, 2.24) is 0 Å². The summed E-state index contributed by atoms with van der Waals surface area (Å²) in [5, 5.41) is 167. The number of phenolic OH excluding ortho intramolecular Hbond substituents is 14. The minimum atomic E-state index is -2.54. The van der Waals surface area contributed by atoms with Gasteiger partial charge in [-0.25, -0.2) is 24.0 Å². The zero-order chi connectivity index (χ0) is 50.0. The van der Waals surface area contributed by atoms with Crippen molar-refractivity contribution in [2.24, 2.45) is 0 Å². The van der Waals surface area contributed by atoms with Gasteiger partial charge in [0.25, 0.3) is 0 Å². The van der Waals surface area contributed by atoms with Gasteiger partial charge in [0, 0.05) is 23.3 Å². The Bertz CT molecular complexity index is 2950. The Kier molecular flexibility index (Phi) is 11.6. The molecule has 68 heavy (non-hydrogen) atoms. The van der Waals surface area contributed by atoms with E-state index in [4.69, 9.17) is 28.4 Å². The van der Waals surface area contributed by atoms with Gasteiger partial charge in [0.2, 0.25) is 23.0 Å². The molecule has 16 N–H and O–H groups in total. The molecule has 2 aliphatic rings. The first-order valence-electron chi connectivity index (χ1n) is 18.6. The van der Waals surface area contributed by atoms with Crippen LogP contribution in [-0.4, -0.2) is 149 Å². The smallest absolute Gasteiger partial charge is 0.339 e. The number of cyclic esters (lactones) is 1. The molecule has 0 aliphatic carbocycles. The molecule has 0 bridgehead atoms. The topological polar surface area (TPSA) is 464 Å². The van der Waals surface area contributed by atoms with E-state index >= 15 is 0 Å². The number of carboxylic acids is 1. The van der Waals surface area contributed by atoms with E-state index in [0.717, 1.165) is 0 Å². The van der Waals surface area contributed by atoms with Gasteiger partial charge < -0.3 is 110 Å². The number of carbonyl (C=O) groups excluding carboxylic acids is 4. The maximum atomic E-state index is 14.7. The number of rotatable bonds is 7. The highest BCUT2D eigenvalue weighted by atomic mass is 16.7. The number of esters is 4. The molecule has 0 radical (unpaired) electrons. The van der Waals surface area contributed by atoms with E-state index in [0.29, 0.717) is 42.5 Å². The summed E-state index contributed by atoms with van der Waals surface area (Å²) in [6.45, 7) is -1.21. The van der Waals surface area contributed by atoms with Crippen molar-refractivity contribution < 1.29 is 134 Å². The number of hydrogen-bond acceptors (Lipinski definition) is 26. The number of phenols is 14. The van der Waals surface area contributed by atoms with Crippen LogP contribution in [0.4, 0.5) is 0 Å². The molecular weight excluding hydrogens is 924 g/mol. The third kappa shape index (κ3) is 7.96. The maximum Gasteiger partial charge on any atom is 0.339 e. The number of carbonyl (C=O) groups is 5. The second kappa shape index (κ2) is 17.1. The van der Waals surface area contributed by atoms with Crippen molar-refractivity contribution in [2.75, 3.05) is 6.61 Å². The summed E-state index contributed by atoms with van der Waals surface area (Å²) >= 11 is 0. The van der Waals surface area contributed by atoms with Gasteiger partial charge in [0.1, 0.15) is 18.3 Å². The van der Waals surface area contributed by atoms with Crippen LogP contribution in [0.3, 0.4) is 0 Å². The Hall–Kier alpha value is -9.63. The first kappa shape index (κ1) is 46.4. The van der Waals surface area contributed by atoms with Gasteiger partial charge in [-0.1, -0.05) is 0 Å². The van der Waals surface area contributed by atoms with Crippen LogP contribution < -0.4 is 4.74 Å². The predicted molar refractivity (Wildman–Crippen MR) is 210 cm³/mol.